The molecule has 66 heavy (non-hydrogen) atoms. The SMILES string of the molecule is CCCCC/C=C\C/C=C\CCCCCCCCCC(=O)O[C@@H](COC(=O)CCCCCCCCC/C=C\CCCCCCCCCC)COC(=O)CCCCCCCCCCCCCC. The molecule has 0 aliphatic rings. The highest BCUT2D eigenvalue weighted by molar-refractivity contribution is 5.71. The topological polar surface area (TPSA) is 78.9 Å². The Morgan fingerprint density at radius 2 is 0.545 bits per heavy atom. The van der Waals surface area contributed by atoms with Gasteiger partial charge in [0.05, 0.1) is 0 Å². The fourth-order valence-electron chi connectivity index (χ4n) is 8.47. The van der Waals surface area contributed by atoms with Crippen LogP contribution in [0.15, 0.2) is 36.5 Å². The maximum atomic E-state index is 12.8. The van der Waals surface area contributed by atoms with Crippen LogP contribution in [0.5, 0.6) is 0 Å². The van der Waals surface area contributed by atoms with E-state index in [-0.39, 0.29) is 31.1 Å². The van der Waals surface area contributed by atoms with Crippen LogP contribution in [0.3, 0.4) is 0 Å². The average molecular weight is 928 g/mol. The van der Waals surface area contributed by atoms with Gasteiger partial charge in [0.1, 0.15) is 13.2 Å². The highest BCUT2D eigenvalue weighted by Gasteiger charge is 2.19. The molecule has 0 saturated carbocycles. The molecule has 0 unspecified atom stereocenters. The molecule has 6 heteroatoms. The molecule has 0 aromatic rings. The third kappa shape index (κ3) is 52.6. The summed E-state index contributed by atoms with van der Waals surface area (Å²) >= 11 is 0. The molecule has 386 valence electrons. The molecular weight excluding hydrogens is 817 g/mol. The van der Waals surface area contributed by atoms with Crippen LogP contribution in [0.25, 0.3) is 0 Å². The number of esters is 3. The van der Waals surface area contributed by atoms with E-state index in [1.807, 2.05) is 0 Å². The van der Waals surface area contributed by atoms with Crippen molar-refractivity contribution in [2.45, 2.75) is 316 Å². The number of hydrogen-bond donors (Lipinski definition) is 0. The Hall–Kier alpha value is -2.37. The van der Waals surface area contributed by atoms with E-state index in [4.69, 9.17) is 14.2 Å². The van der Waals surface area contributed by atoms with Crippen molar-refractivity contribution in [1.82, 2.24) is 0 Å². The Kier molecular flexibility index (Phi) is 53.2. The molecule has 0 amide bonds. The van der Waals surface area contributed by atoms with Crippen molar-refractivity contribution >= 4 is 17.9 Å². The van der Waals surface area contributed by atoms with Crippen molar-refractivity contribution in [2.75, 3.05) is 13.2 Å². The van der Waals surface area contributed by atoms with Crippen LogP contribution < -0.4 is 0 Å². The molecule has 0 rings (SSSR count). The van der Waals surface area contributed by atoms with Crippen molar-refractivity contribution in [3.8, 4) is 0 Å². The Morgan fingerprint density at radius 1 is 0.303 bits per heavy atom. The van der Waals surface area contributed by atoms with Gasteiger partial charge >= 0.3 is 17.9 Å². The first-order chi connectivity index (χ1) is 32.5. The predicted octanol–water partition coefficient (Wildman–Crippen LogP) is 19.3. The first-order valence-corrected chi connectivity index (χ1v) is 29.0. The lowest BCUT2D eigenvalue weighted by atomic mass is 10.0. The second kappa shape index (κ2) is 55.2. The first kappa shape index (κ1) is 63.6. The van der Waals surface area contributed by atoms with Crippen LogP contribution in [0.1, 0.15) is 310 Å². The molecule has 0 aromatic heterocycles. The summed E-state index contributed by atoms with van der Waals surface area (Å²) in [5, 5.41) is 0. The first-order valence-electron chi connectivity index (χ1n) is 29.0. The van der Waals surface area contributed by atoms with Crippen LogP contribution >= 0.6 is 0 Å². The summed E-state index contributed by atoms with van der Waals surface area (Å²) in [4.78, 5) is 38.1. The van der Waals surface area contributed by atoms with Crippen molar-refractivity contribution in [3.05, 3.63) is 36.5 Å². The molecule has 1 atom stereocenters. The van der Waals surface area contributed by atoms with Gasteiger partial charge in [0.15, 0.2) is 6.10 Å². The van der Waals surface area contributed by atoms with Gasteiger partial charge in [-0.3, -0.25) is 14.4 Å². The van der Waals surface area contributed by atoms with Crippen molar-refractivity contribution in [1.29, 1.82) is 0 Å². The van der Waals surface area contributed by atoms with Crippen LogP contribution in [0, 0.1) is 0 Å². The zero-order valence-electron chi connectivity index (χ0n) is 44.2. The quantitative estimate of drug-likeness (QED) is 0.0262. The fraction of sp³-hybridized carbons (Fsp3) is 0.850. The van der Waals surface area contributed by atoms with Gasteiger partial charge in [0.25, 0.3) is 0 Å². The van der Waals surface area contributed by atoms with E-state index in [2.05, 4.69) is 57.2 Å². The number of carbonyl (C=O) groups is 3. The molecule has 0 aromatic carbocycles. The van der Waals surface area contributed by atoms with Gasteiger partial charge in [0.2, 0.25) is 0 Å². The fourth-order valence-corrected chi connectivity index (χ4v) is 8.47. The third-order valence-electron chi connectivity index (χ3n) is 12.9. The molecule has 0 heterocycles. The third-order valence-corrected chi connectivity index (χ3v) is 12.9. The Labute approximate surface area is 410 Å². The Bertz CT molecular complexity index is 1110. The lowest BCUT2D eigenvalue weighted by Gasteiger charge is -2.18. The number of hydrogen-bond acceptors (Lipinski definition) is 6. The lowest BCUT2D eigenvalue weighted by molar-refractivity contribution is -0.167. The standard InChI is InChI=1S/C60H110O6/c1-4-7-10-13-16-19-22-25-27-29-30-32-33-35-38-41-44-47-50-53-59(62)65-56-57(55-64-58(61)52-49-46-43-40-37-24-21-18-15-12-9-6-3)66-60(63)54-51-48-45-42-39-36-34-31-28-26-23-20-17-14-11-8-5-2/h17,20,26,28-30,57H,4-16,18-19,21-25,27,31-56H2,1-3H3/b20-17-,28-26-,30-29-/t57-/m1/s1. The summed E-state index contributed by atoms with van der Waals surface area (Å²) < 4.78 is 16.9. The molecular formula is C60H110O6. The molecule has 0 bridgehead atoms. The molecule has 0 N–H and O–H groups in total. The average Bonchev–Trinajstić information content (AvgIpc) is 3.31. The van der Waals surface area contributed by atoms with Crippen LogP contribution in [-0.2, 0) is 28.6 Å². The van der Waals surface area contributed by atoms with E-state index in [9.17, 15) is 14.4 Å². The van der Waals surface area contributed by atoms with E-state index in [0.29, 0.717) is 19.3 Å². The van der Waals surface area contributed by atoms with Crippen LogP contribution in [0.2, 0.25) is 0 Å². The molecule has 0 radical (unpaired) electrons. The maximum absolute atomic E-state index is 12.8. The van der Waals surface area contributed by atoms with Gasteiger partial charge < -0.3 is 14.2 Å². The van der Waals surface area contributed by atoms with Crippen molar-refractivity contribution < 1.29 is 28.6 Å². The number of ether oxygens (including phenoxy) is 3. The summed E-state index contributed by atoms with van der Waals surface area (Å²) in [6.45, 7) is 6.64. The lowest BCUT2D eigenvalue weighted by Crippen LogP contribution is -2.30. The molecule has 0 aliphatic heterocycles. The van der Waals surface area contributed by atoms with Crippen LogP contribution in [0.4, 0.5) is 0 Å². The van der Waals surface area contributed by atoms with Crippen molar-refractivity contribution in [3.63, 3.8) is 0 Å². The normalized spacial score (nSPS) is 12.2. The minimum Gasteiger partial charge on any atom is -0.462 e. The Morgan fingerprint density at radius 3 is 0.879 bits per heavy atom. The summed E-state index contributed by atoms with van der Waals surface area (Å²) in [6.07, 6.45) is 65.6. The van der Waals surface area contributed by atoms with E-state index in [0.717, 1.165) is 70.6 Å². The van der Waals surface area contributed by atoms with Gasteiger partial charge in [-0.1, -0.05) is 250 Å². The Balaban J connectivity index is 4.33. The number of rotatable bonds is 53. The zero-order chi connectivity index (χ0) is 47.9. The van der Waals surface area contributed by atoms with Crippen LogP contribution in [-0.4, -0.2) is 37.2 Å². The number of unbranched alkanes of at least 4 members (excludes halogenated alkanes) is 36. The summed E-state index contributed by atoms with van der Waals surface area (Å²) in [6, 6.07) is 0. The highest BCUT2D eigenvalue weighted by Crippen LogP contribution is 2.16. The summed E-state index contributed by atoms with van der Waals surface area (Å²) in [5.74, 6) is -0.870. The smallest absolute Gasteiger partial charge is 0.306 e. The van der Waals surface area contributed by atoms with Gasteiger partial charge in [0, 0.05) is 19.3 Å². The van der Waals surface area contributed by atoms with E-state index in [1.54, 1.807) is 0 Å². The van der Waals surface area contributed by atoms with E-state index in [1.165, 1.54) is 199 Å². The molecule has 0 saturated heterocycles. The predicted molar refractivity (Wildman–Crippen MR) is 284 cm³/mol. The molecule has 0 aliphatic carbocycles. The van der Waals surface area contributed by atoms with E-state index >= 15 is 0 Å². The molecule has 0 spiro atoms. The van der Waals surface area contributed by atoms with Gasteiger partial charge in [-0.25, -0.2) is 0 Å². The maximum Gasteiger partial charge on any atom is 0.306 e. The molecule has 0 fully saturated rings. The van der Waals surface area contributed by atoms with Gasteiger partial charge in [-0.05, 0) is 77.0 Å². The second-order valence-electron chi connectivity index (χ2n) is 19.6. The number of allylic oxidation sites excluding steroid dienone is 6. The monoisotopic (exact) mass is 927 g/mol. The highest BCUT2D eigenvalue weighted by atomic mass is 16.6. The van der Waals surface area contributed by atoms with Gasteiger partial charge in [-0.15, -0.1) is 0 Å². The zero-order valence-corrected chi connectivity index (χ0v) is 44.2. The minimum atomic E-state index is -0.775. The number of carbonyl (C=O) groups excluding carboxylic acids is 3. The minimum absolute atomic E-state index is 0.0733. The summed E-state index contributed by atoms with van der Waals surface area (Å²) in [7, 11) is 0. The largest absolute Gasteiger partial charge is 0.462 e. The van der Waals surface area contributed by atoms with Crippen molar-refractivity contribution in [2.24, 2.45) is 0 Å². The summed E-state index contributed by atoms with van der Waals surface area (Å²) in [5.41, 5.74) is 0. The van der Waals surface area contributed by atoms with E-state index < -0.39 is 6.10 Å². The second-order valence-corrected chi connectivity index (χ2v) is 19.6. The van der Waals surface area contributed by atoms with Gasteiger partial charge in [-0.2, -0.15) is 0 Å². The molecule has 6 nitrogen and oxygen atoms in total.